The molecule has 1 N–H and O–H groups in total. The summed E-state index contributed by atoms with van der Waals surface area (Å²) >= 11 is 0. The summed E-state index contributed by atoms with van der Waals surface area (Å²) in [5, 5.41) is 3.49. The van der Waals surface area contributed by atoms with E-state index in [0.717, 1.165) is 24.9 Å². The molecule has 2 heterocycles. The molecule has 20 heavy (non-hydrogen) atoms. The van der Waals surface area contributed by atoms with Crippen molar-refractivity contribution in [2.75, 3.05) is 6.54 Å². The van der Waals surface area contributed by atoms with E-state index in [1.54, 1.807) is 5.69 Å². The molecule has 2 saturated carbocycles. The van der Waals surface area contributed by atoms with Crippen LogP contribution < -0.4 is 5.32 Å². The van der Waals surface area contributed by atoms with Crippen molar-refractivity contribution in [2.24, 2.45) is 5.92 Å². The van der Waals surface area contributed by atoms with E-state index in [4.69, 9.17) is 4.98 Å². The number of nitrogens with one attached hydrogen (secondary N) is 1. The largest absolute Gasteiger partial charge is 0.331 e. The number of aromatic nitrogens is 2. The van der Waals surface area contributed by atoms with E-state index < -0.39 is 0 Å². The lowest BCUT2D eigenvalue weighted by Crippen LogP contribution is -2.25. The number of hydrogen-bond acceptors (Lipinski definition) is 2. The minimum absolute atomic E-state index is 0.744. The van der Waals surface area contributed by atoms with E-state index in [2.05, 4.69) is 9.88 Å². The van der Waals surface area contributed by atoms with Crippen LogP contribution in [0.5, 0.6) is 0 Å². The van der Waals surface area contributed by atoms with Crippen molar-refractivity contribution < 1.29 is 0 Å². The molecule has 2 aliphatic carbocycles. The smallest absolute Gasteiger partial charge is 0.112 e. The van der Waals surface area contributed by atoms with E-state index in [-0.39, 0.29) is 0 Å². The zero-order valence-corrected chi connectivity index (χ0v) is 12.5. The predicted octanol–water partition coefficient (Wildman–Crippen LogP) is 3.38. The summed E-state index contributed by atoms with van der Waals surface area (Å²) in [6.45, 7) is 3.36. The van der Waals surface area contributed by atoms with E-state index in [1.807, 2.05) is 0 Å². The Labute approximate surface area is 122 Å². The van der Waals surface area contributed by atoms with Crippen LogP contribution in [0.1, 0.15) is 74.5 Å². The molecule has 0 atom stereocenters. The first-order chi connectivity index (χ1) is 9.92. The zero-order valence-electron chi connectivity index (χ0n) is 12.5. The van der Waals surface area contributed by atoms with Gasteiger partial charge in [0.05, 0.1) is 5.69 Å². The molecule has 0 spiro atoms. The molecule has 4 rings (SSSR count). The first kappa shape index (κ1) is 12.9. The molecule has 0 amide bonds. The lowest BCUT2D eigenvalue weighted by Gasteiger charge is -2.23. The van der Waals surface area contributed by atoms with E-state index in [0.29, 0.717) is 0 Å². The topological polar surface area (TPSA) is 29.9 Å². The van der Waals surface area contributed by atoms with Gasteiger partial charge in [-0.15, -0.1) is 0 Å². The third kappa shape index (κ3) is 2.52. The Balaban J connectivity index is 1.61. The summed E-state index contributed by atoms with van der Waals surface area (Å²) in [7, 11) is 0. The molecule has 0 saturated heterocycles. The third-order valence-corrected chi connectivity index (χ3v) is 5.44. The summed E-state index contributed by atoms with van der Waals surface area (Å²) in [4.78, 5) is 5.07. The van der Waals surface area contributed by atoms with E-state index in [1.165, 1.54) is 75.9 Å². The minimum Gasteiger partial charge on any atom is -0.331 e. The molecular formula is C17H27N3. The van der Waals surface area contributed by atoms with Crippen LogP contribution >= 0.6 is 0 Å². The van der Waals surface area contributed by atoms with Gasteiger partial charge in [0.25, 0.3) is 0 Å². The molecule has 3 heteroatoms. The van der Waals surface area contributed by atoms with Crippen molar-refractivity contribution in [3.63, 3.8) is 0 Å². The third-order valence-electron chi connectivity index (χ3n) is 5.44. The maximum absolute atomic E-state index is 5.07. The SMILES string of the molecule is C1CCC(c2nc3c(n2CCC2CC2)CCNC3)CC1. The molecular weight excluding hydrogens is 246 g/mol. The van der Waals surface area contributed by atoms with Crippen LogP contribution in [0.25, 0.3) is 0 Å². The maximum atomic E-state index is 5.07. The summed E-state index contributed by atoms with van der Waals surface area (Å²) in [5.41, 5.74) is 2.91. The molecule has 1 aliphatic heterocycles. The van der Waals surface area contributed by atoms with Crippen molar-refractivity contribution in [1.29, 1.82) is 0 Å². The van der Waals surface area contributed by atoms with Crippen molar-refractivity contribution >= 4 is 0 Å². The Bertz CT molecular complexity index is 467. The van der Waals surface area contributed by atoms with Crippen LogP contribution in [0.2, 0.25) is 0 Å². The standard InChI is InChI=1S/C17H27N3/c1-2-4-14(5-3-1)17-19-15-12-18-10-8-16(15)20(17)11-9-13-6-7-13/h13-14,18H,1-12H2. The van der Waals surface area contributed by atoms with Gasteiger partial charge in [0.2, 0.25) is 0 Å². The molecule has 110 valence electrons. The average Bonchev–Trinajstić information content (AvgIpc) is 3.26. The Morgan fingerprint density at radius 3 is 2.75 bits per heavy atom. The van der Waals surface area contributed by atoms with Crippen molar-refractivity contribution in [3.05, 3.63) is 17.2 Å². The quantitative estimate of drug-likeness (QED) is 0.911. The Morgan fingerprint density at radius 2 is 1.95 bits per heavy atom. The average molecular weight is 273 g/mol. The molecule has 0 unspecified atom stereocenters. The van der Waals surface area contributed by atoms with Gasteiger partial charge in [-0.3, -0.25) is 0 Å². The second-order valence-corrected chi connectivity index (χ2v) is 7.01. The molecule has 3 aliphatic rings. The lowest BCUT2D eigenvalue weighted by atomic mass is 9.88. The number of hydrogen-bond donors (Lipinski definition) is 1. The molecule has 0 radical (unpaired) electrons. The van der Waals surface area contributed by atoms with Crippen LogP contribution in [0, 0.1) is 5.92 Å². The molecule has 2 fully saturated rings. The first-order valence-electron chi connectivity index (χ1n) is 8.70. The normalized spacial score (nSPS) is 23.8. The monoisotopic (exact) mass is 273 g/mol. The molecule has 3 nitrogen and oxygen atoms in total. The summed E-state index contributed by atoms with van der Waals surface area (Å²) in [6, 6.07) is 0. The minimum atomic E-state index is 0.744. The molecule has 0 bridgehead atoms. The van der Waals surface area contributed by atoms with Gasteiger partial charge in [-0.05, 0) is 25.2 Å². The van der Waals surface area contributed by atoms with Gasteiger partial charge in [-0.25, -0.2) is 4.98 Å². The van der Waals surface area contributed by atoms with Gasteiger partial charge in [0.15, 0.2) is 0 Å². The number of imidazole rings is 1. The molecule has 1 aromatic rings. The second-order valence-electron chi connectivity index (χ2n) is 7.01. The summed E-state index contributed by atoms with van der Waals surface area (Å²) in [5.74, 6) is 3.21. The Morgan fingerprint density at radius 1 is 1.10 bits per heavy atom. The summed E-state index contributed by atoms with van der Waals surface area (Å²) in [6.07, 6.45) is 12.5. The van der Waals surface area contributed by atoms with Crippen molar-refractivity contribution in [3.8, 4) is 0 Å². The van der Waals surface area contributed by atoms with Gasteiger partial charge in [0.1, 0.15) is 5.82 Å². The highest BCUT2D eigenvalue weighted by Crippen LogP contribution is 2.36. The van der Waals surface area contributed by atoms with Gasteiger partial charge < -0.3 is 9.88 Å². The highest BCUT2D eigenvalue weighted by molar-refractivity contribution is 5.22. The van der Waals surface area contributed by atoms with Gasteiger partial charge in [-0.2, -0.15) is 0 Å². The summed E-state index contributed by atoms with van der Waals surface area (Å²) < 4.78 is 2.64. The highest BCUT2D eigenvalue weighted by Gasteiger charge is 2.27. The maximum Gasteiger partial charge on any atom is 0.112 e. The predicted molar refractivity (Wildman–Crippen MR) is 80.8 cm³/mol. The fourth-order valence-corrected chi connectivity index (χ4v) is 4.03. The Kier molecular flexibility index (Phi) is 3.55. The van der Waals surface area contributed by atoms with Crippen LogP contribution in [-0.2, 0) is 19.5 Å². The van der Waals surface area contributed by atoms with Crippen molar-refractivity contribution in [1.82, 2.24) is 14.9 Å². The fourth-order valence-electron chi connectivity index (χ4n) is 4.03. The number of fused-ring (bicyclic) bond motifs is 1. The van der Waals surface area contributed by atoms with Gasteiger partial charge >= 0.3 is 0 Å². The fraction of sp³-hybridized carbons (Fsp3) is 0.824. The number of rotatable bonds is 4. The van der Waals surface area contributed by atoms with Crippen LogP contribution in [0.15, 0.2) is 0 Å². The lowest BCUT2D eigenvalue weighted by molar-refractivity contribution is 0.409. The van der Waals surface area contributed by atoms with Crippen LogP contribution in [-0.4, -0.2) is 16.1 Å². The first-order valence-corrected chi connectivity index (χ1v) is 8.70. The molecule has 1 aromatic heterocycles. The van der Waals surface area contributed by atoms with Crippen molar-refractivity contribution in [2.45, 2.75) is 76.8 Å². The van der Waals surface area contributed by atoms with E-state index >= 15 is 0 Å². The van der Waals surface area contributed by atoms with Gasteiger partial charge in [0, 0.05) is 37.7 Å². The number of nitrogens with zero attached hydrogens (tertiary/aromatic N) is 2. The second kappa shape index (κ2) is 5.51. The highest BCUT2D eigenvalue weighted by atomic mass is 15.1. The zero-order chi connectivity index (χ0) is 13.4. The van der Waals surface area contributed by atoms with E-state index in [9.17, 15) is 0 Å². The Hall–Kier alpha value is -0.830. The van der Waals surface area contributed by atoms with Crippen LogP contribution in [0.4, 0.5) is 0 Å². The molecule has 0 aromatic carbocycles. The van der Waals surface area contributed by atoms with Crippen LogP contribution in [0.3, 0.4) is 0 Å². The van der Waals surface area contributed by atoms with Gasteiger partial charge in [-0.1, -0.05) is 32.1 Å².